The minimum absolute atomic E-state index is 0.190. The first-order valence-electron chi connectivity index (χ1n) is 8.62. The van der Waals surface area contributed by atoms with Crippen LogP contribution in [-0.4, -0.2) is 16.7 Å². The third-order valence-electron chi connectivity index (χ3n) is 4.05. The van der Waals surface area contributed by atoms with Crippen molar-refractivity contribution in [3.8, 4) is 5.75 Å². The largest absolute Gasteiger partial charge is 0.508 e. The molecule has 0 saturated carbocycles. The molecule has 3 rings (SSSR count). The number of nitrogens with one attached hydrogen (secondary N) is 1. The number of amides is 1. The molecule has 0 atom stereocenters. The molecule has 0 fully saturated rings. The maximum absolute atomic E-state index is 12.3. The van der Waals surface area contributed by atoms with Gasteiger partial charge in [0.15, 0.2) is 0 Å². The predicted molar refractivity (Wildman–Crippen MR) is 115 cm³/mol. The topological polar surface area (TPSA) is 61.7 Å². The van der Waals surface area contributed by atoms with Gasteiger partial charge >= 0.3 is 0 Å². The summed E-state index contributed by atoms with van der Waals surface area (Å²) in [7, 11) is 0. The minimum Gasteiger partial charge on any atom is -0.508 e. The summed E-state index contributed by atoms with van der Waals surface area (Å²) < 4.78 is 0. The molecular weight excluding hydrogens is 392 g/mol. The highest BCUT2D eigenvalue weighted by molar-refractivity contribution is 7.98. The van der Waals surface area contributed by atoms with Crippen molar-refractivity contribution in [2.24, 2.45) is 5.10 Å². The molecule has 0 aromatic heterocycles. The third-order valence-corrected chi connectivity index (χ3v) is 5.38. The fraction of sp³-hybridized carbons (Fsp3) is 0.0909. The van der Waals surface area contributed by atoms with E-state index in [1.165, 1.54) is 0 Å². The van der Waals surface area contributed by atoms with E-state index >= 15 is 0 Å². The summed E-state index contributed by atoms with van der Waals surface area (Å²) in [6.45, 7) is 1.80. The van der Waals surface area contributed by atoms with Gasteiger partial charge in [0, 0.05) is 21.2 Å². The number of benzene rings is 3. The number of carbonyl (C=O) groups excluding carboxylic acids is 1. The Bertz CT molecular complexity index is 969. The summed E-state index contributed by atoms with van der Waals surface area (Å²) in [4.78, 5) is 13.4. The van der Waals surface area contributed by atoms with Crippen molar-refractivity contribution in [2.75, 3.05) is 0 Å². The van der Waals surface area contributed by atoms with Gasteiger partial charge in [-0.2, -0.15) is 5.10 Å². The van der Waals surface area contributed by atoms with Crippen LogP contribution in [0.5, 0.6) is 5.75 Å². The third kappa shape index (κ3) is 5.62. The van der Waals surface area contributed by atoms with Gasteiger partial charge in [0.1, 0.15) is 5.75 Å². The number of halogens is 1. The quantitative estimate of drug-likeness (QED) is 0.321. The van der Waals surface area contributed by atoms with E-state index in [9.17, 15) is 9.90 Å². The summed E-state index contributed by atoms with van der Waals surface area (Å²) in [6, 6.07) is 21.8. The summed E-state index contributed by atoms with van der Waals surface area (Å²) in [5.74, 6) is 0.728. The fourth-order valence-electron chi connectivity index (χ4n) is 2.42. The lowest BCUT2D eigenvalue weighted by molar-refractivity contribution is 0.0955. The molecule has 0 heterocycles. The van der Waals surface area contributed by atoms with Crippen LogP contribution in [0, 0.1) is 0 Å². The molecule has 142 valence electrons. The Morgan fingerprint density at radius 1 is 0.964 bits per heavy atom. The Balaban J connectivity index is 1.56. The van der Waals surface area contributed by atoms with Gasteiger partial charge in [-0.05, 0) is 78.7 Å². The molecular formula is C22H19ClN2O2S. The highest BCUT2D eigenvalue weighted by Crippen LogP contribution is 2.24. The normalized spacial score (nSPS) is 11.3. The van der Waals surface area contributed by atoms with Crippen molar-refractivity contribution >= 4 is 35.0 Å². The smallest absolute Gasteiger partial charge is 0.271 e. The summed E-state index contributed by atoms with van der Waals surface area (Å²) in [5.41, 5.74) is 5.72. The summed E-state index contributed by atoms with van der Waals surface area (Å²) >= 11 is 7.61. The lowest BCUT2D eigenvalue weighted by Crippen LogP contribution is -2.19. The minimum atomic E-state index is -0.268. The lowest BCUT2D eigenvalue weighted by Gasteiger charge is -2.05. The first-order chi connectivity index (χ1) is 13.5. The van der Waals surface area contributed by atoms with Crippen molar-refractivity contribution in [2.45, 2.75) is 17.6 Å². The molecule has 0 bridgehead atoms. The number of rotatable bonds is 6. The molecule has 2 N–H and O–H groups in total. The zero-order chi connectivity index (χ0) is 19.9. The van der Waals surface area contributed by atoms with Crippen molar-refractivity contribution in [3.63, 3.8) is 0 Å². The monoisotopic (exact) mass is 410 g/mol. The van der Waals surface area contributed by atoms with Crippen LogP contribution in [0.3, 0.4) is 0 Å². The van der Waals surface area contributed by atoms with Crippen LogP contribution in [-0.2, 0) is 5.75 Å². The maximum Gasteiger partial charge on any atom is 0.271 e. The number of hydrazone groups is 1. The number of phenolic OH excluding ortho intramolecular Hbond substituents is 1. The van der Waals surface area contributed by atoms with Gasteiger partial charge in [0.2, 0.25) is 0 Å². The Kier molecular flexibility index (Phi) is 6.74. The molecule has 3 aromatic carbocycles. The number of aromatic hydroxyl groups is 1. The first-order valence-corrected chi connectivity index (χ1v) is 9.99. The Hall–Kier alpha value is -2.76. The molecule has 0 unspecified atom stereocenters. The summed E-state index contributed by atoms with van der Waals surface area (Å²) in [6.07, 6.45) is 0. The number of carbonyl (C=O) groups is 1. The molecule has 1 amide bonds. The second-order valence-corrected chi connectivity index (χ2v) is 7.61. The average molecular weight is 411 g/mol. The highest BCUT2D eigenvalue weighted by Gasteiger charge is 2.06. The molecule has 28 heavy (non-hydrogen) atoms. The van der Waals surface area contributed by atoms with Crippen LogP contribution in [0.15, 0.2) is 82.8 Å². The van der Waals surface area contributed by atoms with Crippen LogP contribution in [0.25, 0.3) is 0 Å². The lowest BCUT2D eigenvalue weighted by atomic mass is 10.1. The fourth-order valence-corrected chi connectivity index (χ4v) is 3.40. The van der Waals surface area contributed by atoms with E-state index in [4.69, 9.17) is 11.6 Å². The Morgan fingerprint density at radius 2 is 1.57 bits per heavy atom. The number of nitrogens with zero attached hydrogens (tertiary/aromatic N) is 1. The second kappa shape index (κ2) is 9.44. The van der Waals surface area contributed by atoms with Crippen LogP contribution in [0.2, 0.25) is 5.02 Å². The number of phenols is 1. The van der Waals surface area contributed by atoms with Gasteiger partial charge in [0.25, 0.3) is 5.91 Å². The predicted octanol–water partition coefficient (Wildman–Crippen LogP) is 5.49. The van der Waals surface area contributed by atoms with Gasteiger partial charge in [-0.3, -0.25) is 4.79 Å². The standard InChI is InChI=1S/C22H19ClN2O2S/c1-15(17-6-10-20(26)11-7-17)24-25-22(27)18-4-2-16(3-5-18)14-28-21-12-8-19(23)9-13-21/h2-13,26H,14H2,1H3,(H,25,27)/b24-15+. The number of hydrogen-bond acceptors (Lipinski definition) is 4. The van der Waals surface area contributed by atoms with Gasteiger partial charge in [-0.1, -0.05) is 23.7 Å². The van der Waals surface area contributed by atoms with E-state index in [0.717, 1.165) is 26.8 Å². The summed E-state index contributed by atoms with van der Waals surface area (Å²) in [5, 5.41) is 14.2. The van der Waals surface area contributed by atoms with Gasteiger partial charge in [0.05, 0.1) is 5.71 Å². The first kappa shape index (κ1) is 20.0. The number of thioether (sulfide) groups is 1. The van der Waals surface area contributed by atoms with Crippen molar-refractivity contribution < 1.29 is 9.90 Å². The van der Waals surface area contributed by atoms with Gasteiger partial charge in [-0.15, -0.1) is 11.8 Å². The molecule has 0 aliphatic carbocycles. The maximum atomic E-state index is 12.3. The average Bonchev–Trinajstić information content (AvgIpc) is 2.72. The van der Waals surface area contributed by atoms with Crippen molar-refractivity contribution in [1.29, 1.82) is 0 Å². The van der Waals surface area contributed by atoms with Gasteiger partial charge in [-0.25, -0.2) is 5.43 Å². The zero-order valence-corrected chi connectivity index (χ0v) is 16.8. The molecule has 0 aliphatic heterocycles. The second-order valence-electron chi connectivity index (χ2n) is 6.12. The molecule has 0 aliphatic rings. The SMILES string of the molecule is C/C(=N\NC(=O)c1ccc(CSc2ccc(Cl)cc2)cc1)c1ccc(O)cc1. The molecule has 4 nitrogen and oxygen atoms in total. The number of hydrogen-bond donors (Lipinski definition) is 2. The molecule has 3 aromatic rings. The van der Waals surface area contributed by atoms with Crippen molar-refractivity contribution in [1.82, 2.24) is 5.43 Å². The van der Waals surface area contributed by atoms with Crippen LogP contribution < -0.4 is 5.43 Å². The molecule has 0 saturated heterocycles. The molecule has 0 radical (unpaired) electrons. The Morgan fingerprint density at radius 3 is 2.21 bits per heavy atom. The van der Waals surface area contributed by atoms with E-state index in [1.807, 2.05) is 36.4 Å². The van der Waals surface area contributed by atoms with E-state index in [2.05, 4.69) is 10.5 Å². The molecule has 0 spiro atoms. The van der Waals surface area contributed by atoms with E-state index < -0.39 is 0 Å². The zero-order valence-electron chi connectivity index (χ0n) is 15.2. The van der Waals surface area contributed by atoms with E-state index in [1.54, 1.807) is 55.1 Å². The Labute approximate surface area is 173 Å². The van der Waals surface area contributed by atoms with E-state index in [0.29, 0.717) is 11.3 Å². The van der Waals surface area contributed by atoms with E-state index in [-0.39, 0.29) is 11.7 Å². The van der Waals surface area contributed by atoms with Gasteiger partial charge < -0.3 is 5.11 Å². The van der Waals surface area contributed by atoms with Crippen molar-refractivity contribution in [3.05, 3.63) is 94.5 Å². The van der Waals surface area contributed by atoms with Crippen LogP contribution in [0.4, 0.5) is 0 Å². The molecule has 6 heteroatoms. The van der Waals surface area contributed by atoms with Crippen LogP contribution >= 0.6 is 23.4 Å². The van der Waals surface area contributed by atoms with Crippen LogP contribution in [0.1, 0.15) is 28.4 Å². The highest BCUT2D eigenvalue weighted by atomic mass is 35.5.